The lowest BCUT2D eigenvalue weighted by Gasteiger charge is -2.11. The second kappa shape index (κ2) is 8.27. The van der Waals surface area contributed by atoms with Gasteiger partial charge in [0, 0.05) is 18.9 Å². The highest BCUT2D eigenvalue weighted by Gasteiger charge is 2.05. The fourth-order valence-corrected chi connectivity index (χ4v) is 2.11. The van der Waals surface area contributed by atoms with Gasteiger partial charge in [-0.25, -0.2) is 0 Å². The van der Waals surface area contributed by atoms with Crippen molar-refractivity contribution in [2.45, 2.75) is 19.9 Å². The summed E-state index contributed by atoms with van der Waals surface area (Å²) < 4.78 is 10.9. The van der Waals surface area contributed by atoms with Crippen molar-refractivity contribution < 1.29 is 9.47 Å². The Morgan fingerprint density at radius 1 is 1.05 bits per heavy atom. The van der Waals surface area contributed by atoms with Crippen LogP contribution < -0.4 is 14.8 Å². The van der Waals surface area contributed by atoms with Crippen LogP contribution in [0.4, 0.5) is 0 Å². The van der Waals surface area contributed by atoms with Crippen LogP contribution in [0.15, 0.2) is 42.7 Å². The third kappa shape index (κ3) is 4.76. The van der Waals surface area contributed by atoms with Crippen LogP contribution >= 0.6 is 0 Å². The fourth-order valence-electron chi connectivity index (χ4n) is 2.11. The van der Waals surface area contributed by atoms with E-state index in [1.165, 1.54) is 11.1 Å². The number of pyridine rings is 1. The molecular weight excluding hydrogens is 264 g/mol. The van der Waals surface area contributed by atoms with Crippen molar-refractivity contribution in [1.82, 2.24) is 10.3 Å². The molecule has 0 aliphatic rings. The topological polar surface area (TPSA) is 43.4 Å². The zero-order valence-corrected chi connectivity index (χ0v) is 12.6. The molecule has 21 heavy (non-hydrogen) atoms. The standard InChI is InChI=1S/C17H22N2O2/c1-3-21-17-12-15(4-5-16(17)20-2)13-19-11-8-14-6-9-18-10-7-14/h4-7,9-10,12,19H,3,8,11,13H2,1-2H3. The van der Waals surface area contributed by atoms with Gasteiger partial charge in [0.25, 0.3) is 0 Å². The second-order valence-electron chi connectivity index (χ2n) is 4.70. The van der Waals surface area contributed by atoms with Crippen LogP contribution in [0.1, 0.15) is 18.1 Å². The van der Waals surface area contributed by atoms with E-state index >= 15 is 0 Å². The molecule has 1 heterocycles. The molecule has 4 nitrogen and oxygen atoms in total. The number of ether oxygens (including phenoxy) is 2. The van der Waals surface area contributed by atoms with Gasteiger partial charge in [0.2, 0.25) is 0 Å². The van der Waals surface area contributed by atoms with Gasteiger partial charge in [-0.05, 0) is 55.3 Å². The Bertz CT molecular complexity index is 544. The van der Waals surface area contributed by atoms with Crippen molar-refractivity contribution in [3.05, 3.63) is 53.9 Å². The lowest BCUT2D eigenvalue weighted by Crippen LogP contribution is -2.16. The smallest absolute Gasteiger partial charge is 0.161 e. The van der Waals surface area contributed by atoms with Gasteiger partial charge < -0.3 is 14.8 Å². The summed E-state index contributed by atoms with van der Waals surface area (Å²) in [5.41, 5.74) is 2.48. The van der Waals surface area contributed by atoms with Crippen LogP contribution in [-0.2, 0) is 13.0 Å². The Morgan fingerprint density at radius 3 is 2.57 bits per heavy atom. The molecule has 2 aromatic rings. The summed E-state index contributed by atoms with van der Waals surface area (Å²) in [6.45, 7) is 4.35. The van der Waals surface area contributed by atoms with Gasteiger partial charge >= 0.3 is 0 Å². The van der Waals surface area contributed by atoms with Crippen LogP contribution in [0, 0.1) is 0 Å². The molecule has 0 radical (unpaired) electrons. The highest BCUT2D eigenvalue weighted by atomic mass is 16.5. The molecule has 1 aromatic carbocycles. The molecule has 0 bridgehead atoms. The molecular formula is C17H22N2O2. The van der Waals surface area contributed by atoms with E-state index in [0.717, 1.165) is 31.0 Å². The number of nitrogens with one attached hydrogen (secondary N) is 1. The molecule has 0 saturated heterocycles. The average Bonchev–Trinajstić information content (AvgIpc) is 2.53. The maximum atomic E-state index is 5.58. The largest absolute Gasteiger partial charge is 0.493 e. The fraction of sp³-hybridized carbons (Fsp3) is 0.353. The number of benzene rings is 1. The van der Waals surface area contributed by atoms with Crippen molar-refractivity contribution >= 4 is 0 Å². The summed E-state index contributed by atoms with van der Waals surface area (Å²) in [5, 5.41) is 3.44. The summed E-state index contributed by atoms with van der Waals surface area (Å²) in [5.74, 6) is 1.57. The first-order valence-electron chi connectivity index (χ1n) is 7.22. The number of methoxy groups -OCH3 is 1. The van der Waals surface area contributed by atoms with Gasteiger partial charge in [-0.3, -0.25) is 4.98 Å². The number of nitrogens with zero attached hydrogens (tertiary/aromatic N) is 1. The SMILES string of the molecule is CCOc1cc(CNCCc2ccncc2)ccc1OC. The molecule has 0 aliphatic carbocycles. The maximum Gasteiger partial charge on any atom is 0.161 e. The van der Waals surface area contributed by atoms with Crippen LogP contribution in [-0.4, -0.2) is 25.2 Å². The third-order valence-corrected chi connectivity index (χ3v) is 3.20. The van der Waals surface area contributed by atoms with Crippen molar-refractivity contribution in [1.29, 1.82) is 0 Å². The van der Waals surface area contributed by atoms with E-state index in [2.05, 4.69) is 16.4 Å². The number of hydrogen-bond acceptors (Lipinski definition) is 4. The predicted molar refractivity (Wildman–Crippen MR) is 83.8 cm³/mol. The highest BCUT2D eigenvalue weighted by Crippen LogP contribution is 2.27. The molecule has 0 spiro atoms. The highest BCUT2D eigenvalue weighted by molar-refractivity contribution is 5.42. The minimum atomic E-state index is 0.634. The van der Waals surface area contributed by atoms with Gasteiger partial charge in [-0.1, -0.05) is 6.07 Å². The van der Waals surface area contributed by atoms with Gasteiger partial charge in [0.1, 0.15) is 0 Å². The third-order valence-electron chi connectivity index (χ3n) is 3.20. The molecule has 0 atom stereocenters. The summed E-state index contributed by atoms with van der Waals surface area (Å²) in [6, 6.07) is 10.1. The quantitative estimate of drug-likeness (QED) is 0.758. The van der Waals surface area contributed by atoms with Crippen LogP contribution in [0.2, 0.25) is 0 Å². The van der Waals surface area contributed by atoms with Crippen LogP contribution in [0.25, 0.3) is 0 Å². The molecule has 1 N–H and O–H groups in total. The van der Waals surface area contributed by atoms with E-state index in [9.17, 15) is 0 Å². The molecule has 112 valence electrons. The van der Waals surface area contributed by atoms with Gasteiger partial charge in [0.05, 0.1) is 13.7 Å². The zero-order valence-electron chi connectivity index (χ0n) is 12.6. The van der Waals surface area contributed by atoms with Gasteiger partial charge in [-0.15, -0.1) is 0 Å². The first kappa shape index (κ1) is 15.3. The van der Waals surface area contributed by atoms with Crippen molar-refractivity contribution in [2.75, 3.05) is 20.3 Å². The average molecular weight is 286 g/mol. The molecule has 4 heteroatoms. The van der Waals surface area contributed by atoms with Crippen LogP contribution in [0.3, 0.4) is 0 Å². The Labute approximate surface area is 126 Å². The Kier molecular flexibility index (Phi) is 6.03. The molecule has 0 unspecified atom stereocenters. The molecule has 0 saturated carbocycles. The Hall–Kier alpha value is -2.07. The number of rotatable bonds is 8. The van der Waals surface area contributed by atoms with Gasteiger partial charge in [-0.2, -0.15) is 0 Å². The Balaban J connectivity index is 1.84. The second-order valence-corrected chi connectivity index (χ2v) is 4.70. The van der Waals surface area contributed by atoms with Crippen molar-refractivity contribution in [3.63, 3.8) is 0 Å². The van der Waals surface area contributed by atoms with Crippen molar-refractivity contribution in [2.24, 2.45) is 0 Å². The van der Waals surface area contributed by atoms with E-state index in [-0.39, 0.29) is 0 Å². The molecule has 0 amide bonds. The molecule has 0 aliphatic heterocycles. The Morgan fingerprint density at radius 2 is 1.86 bits per heavy atom. The van der Waals surface area contributed by atoms with Crippen LogP contribution in [0.5, 0.6) is 11.5 Å². The summed E-state index contributed by atoms with van der Waals surface area (Å²) in [7, 11) is 1.66. The lowest BCUT2D eigenvalue weighted by atomic mass is 10.2. The van der Waals surface area contributed by atoms with Crippen molar-refractivity contribution in [3.8, 4) is 11.5 Å². The minimum Gasteiger partial charge on any atom is -0.493 e. The summed E-state index contributed by atoms with van der Waals surface area (Å²) in [6.07, 6.45) is 4.65. The van der Waals surface area contributed by atoms with E-state index < -0.39 is 0 Å². The van der Waals surface area contributed by atoms with E-state index in [4.69, 9.17) is 9.47 Å². The molecule has 1 aromatic heterocycles. The minimum absolute atomic E-state index is 0.634. The lowest BCUT2D eigenvalue weighted by molar-refractivity contribution is 0.310. The van der Waals surface area contributed by atoms with E-state index in [1.807, 2.05) is 43.6 Å². The molecule has 2 rings (SSSR count). The van der Waals surface area contributed by atoms with E-state index in [1.54, 1.807) is 7.11 Å². The zero-order chi connectivity index (χ0) is 14.9. The van der Waals surface area contributed by atoms with E-state index in [0.29, 0.717) is 6.61 Å². The number of hydrogen-bond donors (Lipinski definition) is 1. The van der Waals surface area contributed by atoms with Gasteiger partial charge in [0.15, 0.2) is 11.5 Å². The number of aromatic nitrogens is 1. The summed E-state index contributed by atoms with van der Waals surface area (Å²) in [4.78, 5) is 4.02. The molecule has 0 fully saturated rings. The predicted octanol–water partition coefficient (Wildman–Crippen LogP) is 2.82. The normalized spacial score (nSPS) is 10.4. The maximum absolute atomic E-state index is 5.58. The summed E-state index contributed by atoms with van der Waals surface area (Å²) >= 11 is 0. The first-order valence-corrected chi connectivity index (χ1v) is 7.22. The first-order chi connectivity index (χ1) is 10.3. The monoisotopic (exact) mass is 286 g/mol.